The Morgan fingerprint density at radius 2 is 1.93 bits per heavy atom. The Labute approximate surface area is 160 Å². The Morgan fingerprint density at radius 1 is 1.11 bits per heavy atom. The fourth-order valence-electron chi connectivity index (χ4n) is 2.97. The number of hydrogen-bond acceptors (Lipinski definition) is 6. The fraction of sp³-hybridized carbons (Fsp3) is 0.105. The van der Waals surface area contributed by atoms with Gasteiger partial charge in [0.25, 0.3) is 5.56 Å². The van der Waals surface area contributed by atoms with Gasteiger partial charge in [-0.2, -0.15) is 10.2 Å². The molecule has 2 N–H and O–H groups in total. The van der Waals surface area contributed by atoms with E-state index in [9.17, 15) is 13.2 Å². The van der Waals surface area contributed by atoms with Crippen molar-refractivity contribution in [1.82, 2.24) is 19.6 Å². The third-order valence-electron chi connectivity index (χ3n) is 4.38. The molecule has 9 heteroatoms. The van der Waals surface area contributed by atoms with Crippen molar-refractivity contribution < 1.29 is 8.42 Å². The number of nitrogens with zero attached hydrogens (tertiary/aromatic N) is 4. The summed E-state index contributed by atoms with van der Waals surface area (Å²) in [5.41, 5.74) is 6.93. The second-order valence-electron chi connectivity index (χ2n) is 6.43. The number of anilines is 1. The molecule has 0 aliphatic rings. The highest BCUT2D eigenvalue weighted by Gasteiger charge is 2.21. The molecule has 28 heavy (non-hydrogen) atoms. The number of nitrogen functional groups attached to an aromatic ring is 1. The van der Waals surface area contributed by atoms with Crippen LogP contribution >= 0.6 is 0 Å². The molecule has 0 radical (unpaired) electrons. The Bertz CT molecular complexity index is 1360. The first-order valence-corrected chi connectivity index (χ1v) is 9.92. The first-order valence-electron chi connectivity index (χ1n) is 8.44. The number of hydrogen-bond donors (Lipinski definition) is 1. The molecule has 0 aliphatic carbocycles. The predicted molar refractivity (Wildman–Crippen MR) is 105 cm³/mol. The van der Waals surface area contributed by atoms with Crippen LogP contribution in [0.5, 0.6) is 0 Å². The normalized spacial score (nSPS) is 11.8. The lowest BCUT2D eigenvalue weighted by atomic mass is 10.2. The van der Waals surface area contributed by atoms with Gasteiger partial charge in [-0.15, -0.1) is 0 Å². The molecule has 0 aliphatic heterocycles. The van der Waals surface area contributed by atoms with Gasteiger partial charge in [-0.1, -0.05) is 12.1 Å². The molecule has 2 heterocycles. The Balaban J connectivity index is 1.75. The van der Waals surface area contributed by atoms with Crippen LogP contribution < -0.4 is 11.3 Å². The predicted octanol–water partition coefficient (Wildman–Crippen LogP) is 1.59. The lowest BCUT2D eigenvalue weighted by Crippen LogP contribution is -2.23. The number of sulfone groups is 1. The highest BCUT2D eigenvalue weighted by Crippen LogP contribution is 2.22. The smallest absolute Gasteiger partial charge is 0.274 e. The Hall–Kier alpha value is -3.46. The number of fused-ring (bicyclic) bond motifs is 1. The molecule has 0 spiro atoms. The van der Waals surface area contributed by atoms with Crippen molar-refractivity contribution in [1.29, 1.82) is 0 Å². The van der Waals surface area contributed by atoms with Crippen molar-refractivity contribution in [2.45, 2.75) is 16.5 Å². The van der Waals surface area contributed by atoms with Crippen molar-refractivity contribution in [3.05, 3.63) is 76.8 Å². The zero-order valence-corrected chi connectivity index (χ0v) is 15.8. The molecule has 142 valence electrons. The van der Waals surface area contributed by atoms with E-state index in [1.165, 1.54) is 39.8 Å². The molecule has 0 atom stereocenters. The Kier molecular flexibility index (Phi) is 4.23. The lowest BCUT2D eigenvalue weighted by Gasteiger charge is -2.08. The van der Waals surface area contributed by atoms with Gasteiger partial charge in [-0.05, 0) is 42.0 Å². The molecule has 8 nitrogen and oxygen atoms in total. The van der Waals surface area contributed by atoms with Crippen molar-refractivity contribution in [2.75, 3.05) is 5.73 Å². The van der Waals surface area contributed by atoms with E-state index in [-0.39, 0.29) is 22.0 Å². The largest absolute Gasteiger partial charge is 0.399 e. The van der Waals surface area contributed by atoms with Gasteiger partial charge in [0, 0.05) is 24.3 Å². The summed E-state index contributed by atoms with van der Waals surface area (Å²) in [6, 6.07) is 13.0. The van der Waals surface area contributed by atoms with Gasteiger partial charge in [-0.25, -0.2) is 13.1 Å². The van der Waals surface area contributed by atoms with Crippen LogP contribution in [-0.4, -0.2) is 28.0 Å². The zero-order valence-electron chi connectivity index (χ0n) is 15.0. The van der Waals surface area contributed by atoms with Gasteiger partial charge >= 0.3 is 0 Å². The molecule has 0 unspecified atom stereocenters. The number of aromatic nitrogens is 4. The average molecular weight is 395 g/mol. The van der Waals surface area contributed by atoms with Crippen LogP contribution in [0.15, 0.2) is 75.6 Å². The number of rotatable bonds is 4. The molecule has 4 rings (SSSR count). The average Bonchev–Trinajstić information content (AvgIpc) is 3.11. The highest BCUT2D eigenvalue weighted by atomic mass is 32.2. The van der Waals surface area contributed by atoms with Gasteiger partial charge in [-0.3, -0.25) is 9.48 Å². The van der Waals surface area contributed by atoms with E-state index >= 15 is 0 Å². The SMILES string of the molecule is Cn1ccc(S(=O)(=O)c2ccc3c(=O)n(Cc4cccc(N)c4)ncc3c2)n1. The van der Waals surface area contributed by atoms with Crippen LogP contribution in [0.25, 0.3) is 10.8 Å². The first-order chi connectivity index (χ1) is 13.3. The summed E-state index contributed by atoms with van der Waals surface area (Å²) in [6.45, 7) is 0.272. The second kappa shape index (κ2) is 6.61. The fourth-order valence-corrected chi connectivity index (χ4v) is 4.21. The van der Waals surface area contributed by atoms with Gasteiger partial charge in [0.1, 0.15) is 0 Å². The van der Waals surface area contributed by atoms with Gasteiger partial charge in [0.15, 0.2) is 5.03 Å². The summed E-state index contributed by atoms with van der Waals surface area (Å²) >= 11 is 0. The first kappa shape index (κ1) is 17.9. The zero-order chi connectivity index (χ0) is 19.9. The maximum atomic E-state index is 12.8. The molecule has 2 aromatic heterocycles. The standard InChI is InChI=1S/C19H17N5O3S/c1-23-8-7-18(22-23)28(26,27)16-5-6-17-14(10-16)11-21-24(19(17)25)12-13-3-2-4-15(20)9-13/h2-11H,12,20H2,1H3. The molecular formula is C19H17N5O3S. The Morgan fingerprint density at radius 3 is 2.64 bits per heavy atom. The van der Waals surface area contributed by atoms with Crippen LogP contribution in [0.2, 0.25) is 0 Å². The minimum Gasteiger partial charge on any atom is -0.399 e. The molecule has 4 aromatic rings. The van der Waals surface area contributed by atoms with Crippen molar-refractivity contribution in [3.63, 3.8) is 0 Å². The maximum absolute atomic E-state index is 12.8. The summed E-state index contributed by atoms with van der Waals surface area (Å²) in [5, 5.41) is 8.94. The maximum Gasteiger partial charge on any atom is 0.274 e. The van der Waals surface area contributed by atoms with Gasteiger partial charge in [0.05, 0.1) is 23.0 Å². The monoisotopic (exact) mass is 395 g/mol. The van der Waals surface area contributed by atoms with E-state index in [0.29, 0.717) is 16.5 Å². The van der Waals surface area contributed by atoms with E-state index in [1.807, 2.05) is 12.1 Å². The minimum atomic E-state index is -3.77. The quantitative estimate of drug-likeness (QED) is 0.525. The lowest BCUT2D eigenvalue weighted by molar-refractivity contribution is 0.588. The molecule has 0 saturated heterocycles. The van der Waals surface area contributed by atoms with Crippen LogP contribution in [0.1, 0.15) is 5.56 Å². The van der Waals surface area contributed by atoms with E-state index in [2.05, 4.69) is 10.2 Å². The topological polar surface area (TPSA) is 113 Å². The summed E-state index contributed by atoms with van der Waals surface area (Å²) in [4.78, 5) is 12.8. The van der Waals surface area contributed by atoms with E-state index in [0.717, 1.165) is 5.56 Å². The van der Waals surface area contributed by atoms with Crippen LogP contribution in [0, 0.1) is 0 Å². The van der Waals surface area contributed by atoms with E-state index in [4.69, 9.17) is 5.73 Å². The number of benzene rings is 2. The van der Waals surface area contributed by atoms with E-state index in [1.54, 1.807) is 25.4 Å². The number of nitrogens with two attached hydrogens (primary N) is 1. The van der Waals surface area contributed by atoms with Crippen molar-refractivity contribution in [3.8, 4) is 0 Å². The summed E-state index contributed by atoms with van der Waals surface area (Å²) in [6.07, 6.45) is 3.05. The molecule has 0 bridgehead atoms. The van der Waals surface area contributed by atoms with Crippen LogP contribution in [-0.2, 0) is 23.4 Å². The molecule has 2 aromatic carbocycles. The highest BCUT2D eigenvalue weighted by molar-refractivity contribution is 7.91. The third-order valence-corrected chi connectivity index (χ3v) is 6.03. The molecular weight excluding hydrogens is 378 g/mol. The molecule has 0 amide bonds. The summed E-state index contributed by atoms with van der Waals surface area (Å²) in [5.74, 6) is 0. The second-order valence-corrected chi connectivity index (χ2v) is 8.33. The summed E-state index contributed by atoms with van der Waals surface area (Å²) < 4.78 is 28.2. The van der Waals surface area contributed by atoms with Gasteiger partial charge in [0.2, 0.25) is 9.84 Å². The number of aryl methyl sites for hydroxylation is 1. The van der Waals surface area contributed by atoms with Crippen molar-refractivity contribution >= 4 is 26.3 Å². The molecule has 0 fully saturated rings. The minimum absolute atomic E-state index is 0.0442. The third kappa shape index (κ3) is 3.16. The van der Waals surface area contributed by atoms with Crippen molar-refractivity contribution in [2.24, 2.45) is 7.05 Å². The van der Waals surface area contributed by atoms with Crippen LogP contribution in [0.3, 0.4) is 0 Å². The molecule has 0 saturated carbocycles. The van der Waals surface area contributed by atoms with E-state index < -0.39 is 9.84 Å². The van der Waals surface area contributed by atoms with Crippen LogP contribution in [0.4, 0.5) is 5.69 Å². The van der Waals surface area contributed by atoms with Gasteiger partial charge < -0.3 is 5.73 Å². The summed E-state index contributed by atoms with van der Waals surface area (Å²) in [7, 11) is -2.12.